The zero-order valence-corrected chi connectivity index (χ0v) is 15.8. The van der Waals surface area contributed by atoms with Gasteiger partial charge in [-0.05, 0) is 49.7 Å². The molecule has 146 valence electrons. The summed E-state index contributed by atoms with van der Waals surface area (Å²) in [4.78, 5) is 16.0. The van der Waals surface area contributed by atoms with Crippen LogP contribution in [0.1, 0.15) is 32.9 Å². The lowest BCUT2D eigenvalue weighted by molar-refractivity contribution is -0.138. The van der Waals surface area contributed by atoms with Crippen LogP contribution in [0.15, 0.2) is 42.6 Å². The second kappa shape index (κ2) is 7.63. The number of alkyl halides is 3. The SMILES string of the molecule is Cc1cc(C)n(-c2ccc(CNC(=O)c3cccnc3Cl)c(C(F)(F)F)c2)n1. The van der Waals surface area contributed by atoms with Gasteiger partial charge in [-0.3, -0.25) is 4.79 Å². The predicted molar refractivity (Wildman–Crippen MR) is 98.5 cm³/mol. The first-order valence-corrected chi connectivity index (χ1v) is 8.67. The van der Waals surface area contributed by atoms with E-state index in [0.717, 1.165) is 11.8 Å². The van der Waals surface area contributed by atoms with Crippen molar-refractivity contribution < 1.29 is 18.0 Å². The van der Waals surface area contributed by atoms with E-state index in [9.17, 15) is 18.0 Å². The summed E-state index contributed by atoms with van der Waals surface area (Å²) in [5, 5.41) is 6.65. The Hall–Kier alpha value is -2.87. The van der Waals surface area contributed by atoms with Crippen molar-refractivity contribution in [3.05, 3.63) is 75.8 Å². The molecule has 0 aliphatic rings. The second-order valence-corrected chi connectivity index (χ2v) is 6.56. The summed E-state index contributed by atoms with van der Waals surface area (Å²) < 4.78 is 42.2. The number of nitrogens with one attached hydrogen (secondary N) is 1. The lowest BCUT2D eigenvalue weighted by atomic mass is 10.1. The van der Waals surface area contributed by atoms with E-state index in [4.69, 9.17) is 11.6 Å². The van der Waals surface area contributed by atoms with E-state index in [1.165, 1.54) is 35.1 Å². The zero-order chi connectivity index (χ0) is 20.5. The average Bonchev–Trinajstić information content (AvgIpc) is 2.97. The molecule has 1 aromatic carbocycles. The maximum absolute atomic E-state index is 13.6. The quantitative estimate of drug-likeness (QED) is 0.647. The predicted octanol–water partition coefficient (Wildman–Crippen LogP) is 4.49. The summed E-state index contributed by atoms with van der Waals surface area (Å²) in [6.07, 6.45) is -3.17. The van der Waals surface area contributed by atoms with Gasteiger partial charge in [0.2, 0.25) is 0 Å². The third-order valence-electron chi connectivity index (χ3n) is 4.10. The Bertz CT molecular complexity index is 1030. The van der Waals surface area contributed by atoms with Crippen molar-refractivity contribution in [3.8, 4) is 5.69 Å². The zero-order valence-electron chi connectivity index (χ0n) is 15.0. The molecule has 0 unspecified atom stereocenters. The Morgan fingerprint density at radius 1 is 1.21 bits per heavy atom. The summed E-state index contributed by atoms with van der Waals surface area (Å²) >= 11 is 5.85. The lowest BCUT2D eigenvalue weighted by Crippen LogP contribution is -2.25. The van der Waals surface area contributed by atoms with Crippen LogP contribution in [0.25, 0.3) is 5.69 Å². The molecule has 1 N–H and O–H groups in total. The molecule has 1 amide bonds. The van der Waals surface area contributed by atoms with Crippen LogP contribution >= 0.6 is 11.6 Å². The number of rotatable bonds is 4. The number of hydrogen-bond acceptors (Lipinski definition) is 3. The molecule has 3 aromatic rings. The fourth-order valence-electron chi connectivity index (χ4n) is 2.83. The van der Waals surface area contributed by atoms with Crippen molar-refractivity contribution in [2.75, 3.05) is 0 Å². The standard InChI is InChI=1S/C19H16ClF3N4O/c1-11-8-12(2)27(26-11)14-6-5-13(16(9-14)19(21,22)23)10-25-18(28)15-4-3-7-24-17(15)20/h3-9H,10H2,1-2H3,(H,25,28). The van der Waals surface area contributed by atoms with Gasteiger partial charge in [0.15, 0.2) is 0 Å². The molecular weight excluding hydrogens is 393 g/mol. The Morgan fingerprint density at radius 2 is 1.96 bits per heavy atom. The van der Waals surface area contributed by atoms with Crippen LogP contribution in [0.4, 0.5) is 13.2 Å². The van der Waals surface area contributed by atoms with Crippen LogP contribution in [-0.2, 0) is 12.7 Å². The largest absolute Gasteiger partial charge is 0.416 e. The number of amides is 1. The summed E-state index contributed by atoms with van der Waals surface area (Å²) in [5.41, 5.74) is 0.912. The van der Waals surface area contributed by atoms with Crippen LogP contribution < -0.4 is 5.32 Å². The summed E-state index contributed by atoms with van der Waals surface area (Å²) in [6, 6.07) is 8.64. The first-order chi connectivity index (χ1) is 13.2. The molecule has 2 aromatic heterocycles. The number of pyridine rings is 1. The van der Waals surface area contributed by atoms with Gasteiger partial charge in [0.25, 0.3) is 5.91 Å². The van der Waals surface area contributed by atoms with Crippen molar-refractivity contribution in [2.24, 2.45) is 0 Å². The summed E-state index contributed by atoms with van der Waals surface area (Å²) in [6.45, 7) is 3.22. The van der Waals surface area contributed by atoms with Crippen molar-refractivity contribution in [1.82, 2.24) is 20.1 Å². The number of benzene rings is 1. The van der Waals surface area contributed by atoms with E-state index < -0.39 is 17.6 Å². The van der Waals surface area contributed by atoms with Gasteiger partial charge in [-0.1, -0.05) is 17.7 Å². The highest BCUT2D eigenvalue weighted by atomic mass is 35.5. The minimum Gasteiger partial charge on any atom is -0.348 e. The van der Waals surface area contributed by atoms with Gasteiger partial charge in [-0.15, -0.1) is 0 Å². The molecule has 0 bridgehead atoms. The number of nitrogens with zero attached hydrogens (tertiary/aromatic N) is 3. The fraction of sp³-hybridized carbons (Fsp3) is 0.211. The van der Waals surface area contributed by atoms with Crippen molar-refractivity contribution in [1.29, 1.82) is 0 Å². The molecule has 0 atom stereocenters. The Kier molecular flexibility index (Phi) is 5.42. The first kappa shape index (κ1) is 19.9. The molecular formula is C19H16ClF3N4O. The van der Waals surface area contributed by atoms with Gasteiger partial charge in [0.05, 0.1) is 22.5 Å². The topological polar surface area (TPSA) is 59.8 Å². The van der Waals surface area contributed by atoms with Gasteiger partial charge in [0.1, 0.15) is 5.15 Å². The summed E-state index contributed by atoms with van der Waals surface area (Å²) in [7, 11) is 0. The molecule has 0 radical (unpaired) electrons. The van der Waals surface area contributed by atoms with Gasteiger partial charge >= 0.3 is 6.18 Å². The van der Waals surface area contributed by atoms with Crippen LogP contribution in [0, 0.1) is 13.8 Å². The van der Waals surface area contributed by atoms with E-state index in [1.807, 2.05) is 0 Å². The number of carbonyl (C=O) groups is 1. The molecule has 0 saturated heterocycles. The van der Waals surface area contributed by atoms with E-state index in [0.29, 0.717) is 11.4 Å². The van der Waals surface area contributed by atoms with Crippen molar-refractivity contribution in [2.45, 2.75) is 26.6 Å². The number of aryl methyl sites for hydroxylation is 2. The highest BCUT2D eigenvalue weighted by molar-refractivity contribution is 6.32. The maximum atomic E-state index is 13.6. The molecule has 2 heterocycles. The van der Waals surface area contributed by atoms with E-state index >= 15 is 0 Å². The monoisotopic (exact) mass is 408 g/mol. The van der Waals surface area contributed by atoms with Crippen LogP contribution in [0.3, 0.4) is 0 Å². The van der Waals surface area contributed by atoms with E-state index in [-0.39, 0.29) is 22.8 Å². The molecule has 0 saturated carbocycles. The second-order valence-electron chi connectivity index (χ2n) is 6.20. The van der Waals surface area contributed by atoms with Crippen LogP contribution in [-0.4, -0.2) is 20.7 Å². The number of aromatic nitrogens is 3. The van der Waals surface area contributed by atoms with Gasteiger partial charge in [0, 0.05) is 18.4 Å². The molecule has 3 rings (SSSR count). The Labute approximate surface area is 164 Å². The maximum Gasteiger partial charge on any atom is 0.416 e. The first-order valence-electron chi connectivity index (χ1n) is 8.29. The fourth-order valence-corrected chi connectivity index (χ4v) is 3.04. The molecule has 0 aliphatic heterocycles. The van der Waals surface area contributed by atoms with E-state index in [2.05, 4.69) is 15.4 Å². The molecule has 0 spiro atoms. The van der Waals surface area contributed by atoms with Gasteiger partial charge in [-0.25, -0.2) is 9.67 Å². The highest BCUT2D eigenvalue weighted by Crippen LogP contribution is 2.33. The number of carbonyl (C=O) groups excluding carboxylic acids is 1. The molecule has 0 aliphatic carbocycles. The lowest BCUT2D eigenvalue weighted by Gasteiger charge is -2.16. The molecule has 28 heavy (non-hydrogen) atoms. The molecule has 5 nitrogen and oxygen atoms in total. The third kappa shape index (κ3) is 4.17. The summed E-state index contributed by atoms with van der Waals surface area (Å²) in [5.74, 6) is -0.603. The van der Waals surface area contributed by atoms with Crippen LogP contribution in [0.2, 0.25) is 5.15 Å². The minimum absolute atomic E-state index is 0.0177. The smallest absolute Gasteiger partial charge is 0.348 e. The highest BCUT2D eigenvalue weighted by Gasteiger charge is 2.34. The normalized spacial score (nSPS) is 11.5. The number of halogens is 4. The van der Waals surface area contributed by atoms with Crippen molar-refractivity contribution >= 4 is 17.5 Å². The minimum atomic E-state index is -4.59. The van der Waals surface area contributed by atoms with Gasteiger partial charge in [-0.2, -0.15) is 18.3 Å². The van der Waals surface area contributed by atoms with Gasteiger partial charge < -0.3 is 5.32 Å². The van der Waals surface area contributed by atoms with E-state index in [1.54, 1.807) is 19.9 Å². The molecule has 0 fully saturated rings. The Morgan fingerprint density at radius 3 is 2.57 bits per heavy atom. The molecule has 9 heteroatoms. The average molecular weight is 409 g/mol. The van der Waals surface area contributed by atoms with Crippen molar-refractivity contribution in [3.63, 3.8) is 0 Å². The third-order valence-corrected chi connectivity index (χ3v) is 4.40. The number of hydrogen-bond donors (Lipinski definition) is 1. The Balaban J connectivity index is 1.90. The van der Waals surface area contributed by atoms with Crippen LogP contribution in [0.5, 0.6) is 0 Å².